The van der Waals surface area contributed by atoms with Gasteiger partial charge >= 0.3 is 0 Å². The minimum Gasteiger partial charge on any atom is -0.384 e. The van der Waals surface area contributed by atoms with Crippen molar-refractivity contribution in [2.75, 3.05) is 25.0 Å². The van der Waals surface area contributed by atoms with Crippen LogP contribution >= 0.6 is 0 Å². The zero-order valence-corrected chi connectivity index (χ0v) is 13.5. The Morgan fingerprint density at radius 2 is 1.90 bits per heavy atom. The maximum atomic E-state index is 12.0. The molecule has 0 radical (unpaired) electrons. The van der Waals surface area contributed by atoms with Crippen LogP contribution in [0.1, 0.15) is 51.2 Å². The Bertz CT molecular complexity index is 437. The zero-order chi connectivity index (χ0) is 15.1. The van der Waals surface area contributed by atoms with E-state index in [9.17, 15) is 4.79 Å². The number of hydrogen-bond acceptors (Lipinski definition) is 2. The van der Waals surface area contributed by atoms with Crippen LogP contribution in [0.25, 0.3) is 0 Å². The molecule has 1 aromatic carbocycles. The summed E-state index contributed by atoms with van der Waals surface area (Å²) < 4.78 is 0. The van der Waals surface area contributed by atoms with Crippen LogP contribution in [-0.2, 0) is 4.79 Å². The molecular formula is C17H28N2O. The van der Waals surface area contributed by atoms with Crippen LogP contribution in [-0.4, -0.2) is 30.4 Å². The Hall–Kier alpha value is -1.51. The van der Waals surface area contributed by atoms with Crippen LogP contribution in [0.15, 0.2) is 18.2 Å². The first-order valence-corrected chi connectivity index (χ1v) is 7.62. The quantitative estimate of drug-likeness (QED) is 0.821. The lowest BCUT2D eigenvalue weighted by molar-refractivity contribution is -0.130. The normalized spacial score (nSPS) is 10.7. The van der Waals surface area contributed by atoms with Crippen LogP contribution in [0.3, 0.4) is 0 Å². The van der Waals surface area contributed by atoms with E-state index in [1.165, 1.54) is 16.8 Å². The van der Waals surface area contributed by atoms with E-state index in [-0.39, 0.29) is 5.91 Å². The highest BCUT2D eigenvalue weighted by atomic mass is 16.2. The largest absolute Gasteiger partial charge is 0.384 e. The fraction of sp³-hybridized carbons (Fsp3) is 0.588. The average Bonchev–Trinajstić information content (AvgIpc) is 2.41. The number of aryl methyl sites for hydroxylation is 1. The molecule has 0 atom stereocenters. The summed E-state index contributed by atoms with van der Waals surface area (Å²) in [5.74, 6) is 0.707. The molecule has 0 spiro atoms. The molecule has 0 unspecified atom stereocenters. The molecule has 1 N–H and O–H groups in total. The van der Waals surface area contributed by atoms with Crippen molar-refractivity contribution < 1.29 is 4.79 Å². The summed E-state index contributed by atoms with van der Waals surface area (Å²) in [6.07, 6.45) is 0.549. The van der Waals surface area contributed by atoms with Gasteiger partial charge in [-0.05, 0) is 37.8 Å². The number of hydrogen-bond donors (Lipinski definition) is 1. The van der Waals surface area contributed by atoms with E-state index < -0.39 is 0 Å². The first-order chi connectivity index (χ1) is 9.51. The molecule has 0 heterocycles. The number of nitrogens with zero attached hydrogens (tertiary/aromatic N) is 1. The van der Waals surface area contributed by atoms with Gasteiger partial charge in [0.25, 0.3) is 0 Å². The van der Waals surface area contributed by atoms with Crippen molar-refractivity contribution in [1.29, 1.82) is 0 Å². The standard InChI is InChI=1S/C17H28N2O/c1-6-19(7-2)16(20)11-12-18-17-14(5)9-8-10-15(17)13(3)4/h8-10,13,18H,6-7,11-12H2,1-5H3. The van der Waals surface area contributed by atoms with Gasteiger partial charge in [-0.3, -0.25) is 4.79 Å². The van der Waals surface area contributed by atoms with Crippen LogP contribution in [0.2, 0.25) is 0 Å². The molecule has 0 aliphatic carbocycles. The number of benzene rings is 1. The molecule has 0 bridgehead atoms. The number of para-hydroxylation sites is 1. The number of anilines is 1. The highest BCUT2D eigenvalue weighted by molar-refractivity contribution is 5.76. The molecule has 112 valence electrons. The van der Waals surface area contributed by atoms with Crippen molar-refractivity contribution in [2.45, 2.75) is 47.0 Å². The van der Waals surface area contributed by atoms with E-state index >= 15 is 0 Å². The minimum atomic E-state index is 0.224. The predicted molar refractivity (Wildman–Crippen MR) is 86.3 cm³/mol. The molecule has 0 saturated carbocycles. The van der Waals surface area contributed by atoms with Gasteiger partial charge in [-0.1, -0.05) is 32.0 Å². The second kappa shape index (κ2) is 7.93. The monoisotopic (exact) mass is 276 g/mol. The van der Waals surface area contributed by atoms with Crippen LogP contribution < -0.4 is 5.32 Å². The average molecular weight is 276 g/mol. The van der Waals surface area contributed by atoms with Crippen molar-refractivity contribution >= 4 is 11.6 Å². The molecule has 1 amide bonds. The second-order valence-electron chi connectivity index (χ2n) is 5.44. The number of carbonyl (C=O) groups is 1. The van der Waals surface area contributed by atoms with Crippen molar-refractivity contribution in [2.24, 2.45) is 0 Å². The van der Waals surface area contributed by atoms with E-state index in [2.05, 4.69) is 44.3 Å². The fourth-order valence-electron chi connectivity index (χ4n) is 2.44. The predicted octanol–water partition coefficient (Wildman–Crippen LogP) is 3.79. The van der Waals surface area contributed by atoms with Crippen LogP contribution in [0, 0.1) is 6.92 Å². The summed E-state index contributed by atoms with van der Waals surface area (Å²) >= 11 is 0. The highest BCUT2D eigenvalue weighted by Crippen LogP contribution is 2.27. The smallest absolute Gasteiger partial charge is 0.224 e. The van der Waals surface area contributed by atoms with Gasteiger partial charge < -0.3 is 10.2 Å². The molecule has 3 heteroatoms. The van der Waals surface area contributed by atoms with E-state index in [0.29, 0.717) is 18.9 Å². The number of carbonyl (C=O) groups excluding carboxylic acids is 1. The van der Waals surface area contributed by atoms with Crippen molar-refractivity contribution in [3.8, 4) is 0 Å². The third kappa shape index (κ3) is 4.26. The van der Waals surface area contributed by atoms with Gasteiger partial charge in [-0.15, -0.1) is 0 Å². The highest BCUT2D eigenvalue weighted by Gasteiger charge is 2.11. The lowest BCUT2D eigenvalue weighted by Gasteiger charge is -2.20. The van der Waals surface area contributed by atoms with Gasteiger partial charge in [-0.2, -0.15) is 0 Å². The first kappa shape index (κ1) is 16.5. The van der Waals surface area contributed by atoms with Crippen LogP contribution in [0.4, 0.5) is 5.69 Å². The summed E-state index contributed by atoms with van der Waals surface area (Å²) in [5.41, 5.74) is 3.75. The Morgan fingerprint density at radius 3 is 2.45 bits per heavy atom. The zero-order valence-electron chi connectivity index (χ0n) is 13.5. The molecule has 20 heavy (non-hydrogen) atoms. The molecule has 0 aliphatic rings. The van der Waals surface area contributed by atoms with Crippen LogP contribution in [0.5, 0.6) is 0 Å². The summed E-state index contributed by atoms with van der Waals surface area (Å²) in [6, 6.07) is 6.36. The van der Waals surface area contributed by atoms with Gasteiger partial charge in [0, 0.05) is 31.7 Å². The van der Waals surface area contributed by atoms with Crippen molar-refractivity contribution in [3.63, 3.8) is 0 Å². The summed E-state index contributed by atoms with van der Waals surface area (Å²) in [5, 5.41) is 3.45. The third-order valence-corrected chi connectivity index (χ3v) is 3.68. The molecule has 1 aromatic rings. The molecule has 0 fully saturated rings. The lowest BCUT2D eigenvalue weighted by Crippen LogP contribution is -2.31. The van der Waals surface area contributed by atoms with Gasteiger partial charge in [-0.25, -0.2) is 0 Å². The molecule has 3 nitrogen and oxygen atoms in total. The number of nitrogens with one attached hydrogen (secondary N) is 1. The van der Waals surface area contributed by atoms with Gasteiger partial charge in [0.05, 0.1) is 0 Å². The second-order valence-corrected chi connectivity index (χ2v) is 5.44. The molecular weight excluding hydrogens is 248 g/mol. The Balaban J connectivity index is 2.64. The SMILES string of the molecule is CCN(CC)C(=O)CCNc1c(C)cccc1C(C)C. The summed E-state index contributed by atoms with van der Waals surface area (Å²) in [4.78, 5) is 13.9. The topological polar surface area (TPSA) is 32.3 Å². The number of rotatable bonds is 7. The third-order valence-electron chi connectivity index (χ3n) is 3.68. The van der Waals surface area contributed by atoms with E-state index in [0.717, 1.165) is 13.1 Å². The summed E-state index contributed by atoms with van der Waals surface area (Å²) in [6.45, 7) is 12.8. The molecule has 0 saturated heterocycles. The van der Waals surface area contributed by atoms with E-state index in [1.807, 2.05) is 18.7 Å². The van der Waals surface area contributed by atoms with E-state index in [4.69, 9.17) is 0 Å². The Morgan fingerprint density at radius 1 is 1.25 bits per heavy atom. The molecule has 1 rings (SSSR count). The van der Waals surface area contributed by atoms with Gasteiger partial charge in [0.1, 0.15) is 0 Å². The lowest BCUT2D eigenvalue weighted by atomic mass is 9.98. The first-order valence-electron chi connectivity index (χ1n) is 7.62. The molecule has 0 aromatic heterocycles. The number of amides is 1. The van der Waals surface area contributed by atoms with Gasteiger partial charge in [0.15, 0.2) is 0 Å². The van der Waals surface area contributed by atoms with Gasteiger partial charge in [0.2, 0.25) is 5.91 Å². The Kier molecular flexibility index (Phi) is 6.56. The molecule has 0 aliphatic heterocycles. The summed E-state index contributed by atoms with van der Waals surface area (Å²) in [7, 11) is 0. The maximum Gasteiger partial charge on any atom is 0.224 e. The Labute approximate surface area is 123 Å². The van der Waals surface area contributed by atoms with E-state index in [1.54, 1.807) is 0 Å². The van der Waals surface area contributed by atoms with Crippen molar-refractivity contribution in [1.82, 2.24) is 4.90 Å². The minimum absolute atomic E-state index is 0.224. The maximum absolute atomic E-state index is 12.0. The fourth-order valence-corrected chi connectivity index (χ4v) is 2.44. The van der Waals surface area contributed by atoms with Crippen molar-refractivity contribution in [3.05, 3.63) is 29.3 Å².